The van der Waals surface area contributed by atoms with Crippen LogP contribution in [0.5, 0.6) is 5.75 Å². The van der Waals surface area contributed by atoms with E-state index >= 15 is 0 Å². The smallest absolute Gasteiger partial charge is 0.224 e. The minimum atomic E-state index is 0.0273. The molecule has 0 unspecified atom stereocenters. The molecule has 0 aliphatic carbocycles. The van der Waals surface area contributed by atoms with Crippen molar-refractivity contribution in [1.29, 1.82) is 0 Å². The first-order valence-corrected chi connectivity index (χ1v) is 7.30. The second-order valence-electron chi connectivity index (χ2n) is 4.47. The zero-order valence-electron chi connectivity index (χ0n) is 11.7. The molecule has 0 saturated carbocycles. The van der Waals surface area contributed by atoms with E-state index in [0.717, 1.165) is 22.7 Å². The largest absolute Gasteiger partial charge is 0.497 e. The normalized spacial score (nSPS) is 10.3. The van der Waals surface area contributed by atoms with E-state index in [1.165, 1.54) is 4.88 Å². The van der Waals surface area contributed by atoms with Crippen LogP contribution in [0.25, 0.3) is 0 Å². The number of carbonyl (C=O) groups is 1. The van der Waals surface area contributed by atoms with Crippen molar-refractivity contribution in [2.45, 2.75) is 19.8 Å². The zero-order chi connectivity index (χ0) is 14.4. The third kappa shape index (κ3) is 4.35. The minimum absolute atomic E-state index is 0.0273. The Bertz CT molecular complexity index is 581. The van der Waals surface area contributed by atoms with Crippen LogP contribution in [0.4, 0.5) is 0 Å². The van der Waals surface area contributed by atoms with Crippen molar-refractivity contribution in [3.63, 3.8) is 0 Å². The highest BCUT2D eigenvalue weighted by atomic mass is 32.1. The maximum Gasteiger partial charge on any atom is 0.224 e. The summed E-state index contributed by atoms with van der Waals surface area (Å²) in [4.78, 5) is 17.2. The van der Waals surface area contributed by atoms with Crippen molar-refractivity contribution >= 4 is 17.2 Å². The summed E-state index contributed by atoms with van der Waals surface area (Å²) in [6.45, 7) is 2.62. The number of carbonyl (C=O) groups excluding carboxylic acids is 1. The number of methoxy groups -OCH3 is 1. The lowest BCUT2D eigenvalue weighted by atomic mass is 10.1. The van der Waals surface area contributed by atoms with Crippen LogP contribution >= 0.6 is 11.3 Å². The molecule has 0 atom stereocenters. The molecular formula is C15H18N2O2S. The number of aromatic nitrogens is 1. The summed E-state index contributed by atoms with van der Waals surface area (Å²) in [6, 6.07) is 7.57. The van der Waals surface area contributed by atoms with Gasteiger partial charge in [-0.25, -0.2) is 4.98 Å². The second-order valence-corrected chi connectivity index (χ2v) is 5.79. The first-order chi connectivity index (χ1) is 9.67. The number of nitrogens with one attached hydrogen (secondary N) is 1. The van der Waals surface area contributed by atoms with Crippen molar-refractivity contribution in [3.05, 3.63) is 45.9 Å². The Kier molecular flexibility index (Phi) is 5.12. The molecule has 2 aromatic rings. The van der Waals surface area contributed by atoms with Crippen LogP contribution in [-0.2, 0) is 17.6 Å². The van der Waals surface area contributed by atoms with E-state index in [2.05, 4.69) is 10.3 Å². The molecule has 1 heterocycles. The molecule has 2 rings (SSSR count). The van der Waals surface area contributed by atoms with Crippen molar-refractivity contribution in [2.24, 2.45) is 0 Å². The summed E-state index contributed by atoms with van der Waals surface area (Å²) in [7, 11) is 1.62. The van der Waals surface area contributed by atoms with Crippen molar-refractivity contribution in [1.82, 2.24) is 10.3 Å². The van der Waals surface area contributed by atoms with Gasteiger partial charge in [0.15, 0.2) is 0 Å². The van der Waals surface area contributed by atoms with Crippen LogP contribution in [0, 0.1) is 6.92 Å². The van der Waals surface area contributed by atoms with E-state index < -0.39 is 0 Å². The van der Waals surface area contributed by atoms with Crippen molar-refractivity contribution in [3.8, 4) is 5.75 Å². The molecule has 0 spiro atoms. The SMILES string of the molecule is COc1cccc(CC(=O)NCCc2cnc(C)s2)c1. The number of thiazole rings is 1. The molecular weight excluding hydrogens is 272 g/mol. The molecule has 1 amide bonds. The first-order valence-electron chi connectivity index (χ1n) is 6.48. The molecule has 5 heteroatoms. The van der Waals surface area contributed by atoms with E-state index in [1.807, 2.05) is 37.4 Å². The fourth-order valence-corrected chi connectivity index (χ4v) is 2.67. The number of aryl methyl sites for hydroxylation is 1. The summed E-state index contributed by atoms with van der Waals surface area (Å²) in [6.07, 6.45) is 3.07. The monoisotopic (exact) mass is 290 g/mol. The van der Waals surface area contributed by atoms with E-state index in [-0.39, 0.29) is 5.91 Å². The lowest BCUT2D eigenvalue weighted by molar-refractivity contribution is -0.120. The Balaban J connectivity index is 1.77. The molecule has 1 aromatic carbocycles. The number of rotatable bonds is 6. The lowest BCUT2D eigenvalue weighted by Gasteiger charge is -2.06. The van der Waals surface area contributed by atoms with Crippen LogP contribution < -0.4 is 10.1 Å². The number of hydrogen-bond acceptors (Lipinski definition) is 4. The molecule has 0 aliphatic rings. The second kappa shape index (κ2) is 7.05. The van der Waals surface area contributed by atoms with Gasteiger partial charge in [0.25, 0.3) is 0 Å². The minimum Gasteiger partial charge on any atom is -0.497 e. The Morgan fingerprint density at radius 3 is 3.00 bits per heavy atom. The predicted molar refractivity (Wildman–Crippen MR) is 80.3 cm³/mol. The molecule has 1 aromatic heterocycles. The fourth-order valence-electron chi connectivity index (χ4n) is 1.88. The van der Waals surface area contributed by atoms with Gasteiger partial charge in [-0.05, 0) is 24.6 Å². The van der Waals surface area contributed by atoms with Gasteiger partial charge in [-0.3, -0.25) is 4.79 Å². The number of nitrogens with zero attached hydrogens (tertiary/aromatic N) is 1. The Hall–Kier alpha value is -1.88. The van der Waals surface area contributed by atoms with Gasteiger partial charge in [-0.1, -0.05) is 12.1 Å². The topological polar surface area (TPSA) is 51.2 Å². The Morgan fingerprint density at radius 2 is 2.30 bits per heavy atom. The number of amides is 1. The molecule has 106 valence electrons. The summed E-state index contributed by atoms with van der Waals surface area (Å²) in [5.41, 5.74) is 0.954. The molecule has 20 heavy (non-hydrogen) atoms. The van der Waals surface area contributed by atoms with Gasteiger partial charge in [0, 0.05) is 24.0 Å². The van der Waals surface area contributed by atoms with Gasteiger partial charge in [0.05, 0.1) is 18.5 Å². The van der Waals surface area contributed by atoms with Crippen LogP contribution in [0.3, 0.4) is 0 Å². The van der Waals surface area contributed by atoms with Gasteiger partial charge in [0.2, 0.25) is 5.91 Å². The fraction of sp³-hybridized carbons (Fsp3) is 0.333. The Labute approximate surface area is 122 Å². The van der Waals surface area contributed by atoms with Gasteiger partial charge >= 0.3 is 0 Å². The Morgan fingerprint density at radius 1 is 1.45 bits per heavy atom. The number of ether oxygens (including phenoxy) is 1. The number of benzene rings is 1. The zero-order valence-corrected chi connectivity index (χ0v) is 12.5. The van der Waals surface area contributed by atoms with Gasteiger partial charge < -0.3 is 10.1 Å². The average Bonchev–Trinajstić information content (AvgIpc) is 2.84. The maximum atomic E-state index is 11.8. The van der Waals surface area contributed by atoms with Gasteiger partial charge in [0.1, 0.15) is 5.75 Å². The summed E-state index contributed by atoms with van der Waals surface area (Å²) >= 11 is 1.67. The van der Waals surface area contributed by atoms with Gasteiger partial charge in [-0.15, -0.1) is 11.3 Å². The lowest BCUT2D eigenvalue weighted by Crippen LogP contribution is -2.27. The highest BCUT2D eigenvalue weighted by Crippen LogP contribution is 2.13. The first kappa shape index (κ1) is 14.5. The van der Waals surface area contributed by atoms with Gasteiger partial charge in [-0.2, -0.15) is 0 Å². The molecule has 0 bridgehead atoms. The van der Waals surface area contributed by atoms with Crippen LogP contribution in [0.1, 0.15) is 15.4 Å². The summed E-state index contributed by atoms with van der Waals surface area (Å²) in [5.74, 6) is 0.801. The summed E-state index contributed by atoms with van der Waals surface area (Å²) < 4.78 is 5.14. The molecule has 4 nitrogen and oxygen atoms in total. The average molecular weight is 290 g/mol. The third-order valence-electron chi connectivity index (χ3n) is 2.86. The van der Waals surface area contributed by atoms with Crippen molar-refractivity contribution < 1.29 is 9.53 Å². The molecule has 0 radical (unpaired) electrons. The third-order valence-corrected chi connectivity index (χ3v) is 3.83. The highest BCUT2D eigenvalue weighted by molar-refractivity contribution is 7.11. The molecule has 1 N–H and O–H groups in total. The van der Waals surface area contributed by atoms with Crippen LogP contribution in [0.2, 0.25) is 0 Å². The summed E-state index contributed by atoms with van der Waals surface area (Å²) in [5, 5.41) is 3.98. The predicted octanol–water partition coefficient (Wildman–Crippen LogP) is 2.36. The van der Waals surface area contributed by atoms with Crippen LogP contribution in [-0.4, -0.2) is 24.5 Å². The molecule has 0 fully saturated rings. The molecule has 0 saturated heterocycles. The van der Waals surface area contributed by atoms with E-state index in [1.54, 1.807) is 18.4 Å². The van der Waals surface area contributed by atoms with E-state index in [4.69, 9.17) is 4.74 Å². The van der Waals surface area contributed by atoms with E-state index in [9.17, 15) is 4.79 Å². The van der Waals surface area contributed by atoms with Crippen molar-refractivity contribution in [2.75, 3.05) is 13.7 Å². The quantitative estimate of drug-likeness (QED) is 0.888. The highest BCUT2D eigenvalue weighted by Gasteiger charge is 2.05. The van der Waals surface area contributed by atoms with E-state index in [0.29, 0.717) is 13.0 Å². The number of hydrogen-bond donors (Lipinski definition) is 1. The molecule has 0 aliphatic heterocycles. The maximum absolute atomic E-state index is 11.8. The van der Waals surface area contributed by atoms with Crippen LogP contribution in [0.15, 0.2) is 30.5 Å². The standard InChI is InChI=1S/C15H18N2O2S/c1-11-17-10-14(20-11)6-7-16-15(18)9-12-4-3-5-13(8-12)19-2/h3-5,8,10H,6-7,9H2,1-2H3,(H,16,18).